The van der Waals surface area contributed by atoms with Crippen LogP contribution in [0.2, 0.25) is 10.2 Å². The minimum absolute atomic E-state index is 0.123. The van der Waals surface area contributed by atoms with Gasteiger partial charge in [0.1, 0.15) is 10.8 Å². The van der Waals surface area contributed by atoms with Gasteiger partial charge in [-0.2, -0.15) is 4.98 Å². The molecule has 0 unspecified atom stereocenters. The lowest BCUT2D eigenvalue weighted by molar-refractivity contribution is 0.838. The van der Waals surface area contributed by atoms with Crippen molar-refractivity contribution in [1.82, 2.24) is 14.5 Å². The predicted molar refractivity (Wildman–Crippen MR) is 54.8 cm³/mol. The number of fused-ring (bicyclic) bond motifs is 1. The van der Waals surface area contributed by atoms with E-state index in [4.69, 9.17) is 23.2 Å². The summed E-state index contributed by atoms with van der Waals surface area (Å²) in [5.74, 6) is 0. The first-order valence-electron chi connectivity index (χ1n) is 3.77. The van der Waals surface area contributed by atoms with Crippen LogP contribution in [0.25, 0.3) is 11.0 Å². The van der Waals surface area contributed by atoms with E-state index in [9.17, 15) is 4.79 Å². The summed E-state index contributed by atoms with van der Waals surface area (Å²) in [5, 5.41) is 1.15. The van der Waals surface area contributed by atoms with Crippen LogP contribution in [-0.4, -0.2) is 14.5 Å². The van der Waals surface area contributed by atoms with Crippen molar-refractivity contribution in [2.24, 2.45) is 7.05 Å². The highest BCUT2D eigenvalue weighted by atomic mass is 35.5. The van der Waals surface area contributed by atoms with Gasteiger partial charge in [0.2, 0.25) is 0 Å². The second-order valence-electron chi connectivity index (χ2n) is 2.77. The molecule has 0 saturated carbocycles. The first-order chi connectivity index (χ1) is 6.59. The largest absolute Gasteiger partial charge is 0.350 e. The Morgan fingerprint density at radius 2 is 2.14 bits per heavy atom. The maximum absolute atomic E-state index is 11.2. The van der Waals surface area contributed by atoms with E-state index in [2.05, 4.69) is 9.97 Å². The van der Waals surface area contributed by atoms with Crippen LogP contribution in [0.4, 0.5) is 0 Å². The molecule has 0 amide bonds. The van der Waals surface area contributed by atoms with Gasteiger partial charge in [0.05, 0.1) is 10.4 Å². The van der Waals surface area contributed by atoms with Gasteiger partial charge < -0.3 is 0 Å². The van der Waals surface area contributed by atoms with Crippen molar-refractivity contribution in [1.29, 1.82) is 0 Å². The zero-order valence-corrected chi connectivity index (χ0v) is 8.67. The van der Waals surface area contributed by atoms with Gasteiger partial charge in [0, 0.05) is 13.2 Å². The summed E-state index contributed by atoms with van der Waals surface area (Å²) in [7, 11) is 1.58. The lowest BCUT2D eigenvalue weighted by atomic mass is 10.3. The molecule has 2 aromatic heterocycles. The smallest absolute Gasteiger partial charge is 0.279 e. The van der Waals surface area contributed by atoms with Crippen molar-refractivity contribution in [3.05, 3.63) is 32.9 Å². The van der Waals surface area contributed by atoms with Crippen LogP contribution < -0.4 is 5.69 Å². The highest BCUT2D eigenvalue weighted by molar-refractivity contribution is 6.35. The van der Waals surface area contributed by atoms with Gasteiger partial charge in [0.15, 0.2) is 0 Å². The van der Waals surface area contributed by atoms with Gasteiger partial charge in [-0.05, 0) is 6.07 Å². The maximum Gasteiger partial charge on any atom is 0.350 e. The molecule has 0 N–H and O–H groups in total. The van der Waals surface area contributed by atoms with Crippen LogP contribution in [0, 0.1) is 0 Å². The monoisotopic (exact) mass is 229 g/mol. The fraction of sp³-hybridized carbons (Fsp3) is 0.125. The lowest BCUT2D eigenvalue weighted by Crippen LogP contribution is -2.20. The molecule has 6 heteroatoms. The standard InChI is InChI=1S/C8H5Cl2N3O/c1-13-7-5(2-4(9)3-11-7)6(10)12-8(13)14/h2-3H,1H3. The van der Waals surface area contributed by atoms with E-state index in [1.165, 1.54) is 10.8 Å². The van der Waals surface area contributed by atoms with E-state index in [1.54, 1.807) is 13.1 Å². The second kappa shape index (κ2) is 3.22. The molecule has 72 valence electrons. The number of hydrogen-bond donors (Lipinski definition) is 0. The lowest BCUT2D eigenvalue weighted by Gasteiger charge is -2.03. The molecule has 0 spiro atoms. The molecule has 0 bridgehead atoms. The first-order valence-corrected chi connectivity index (χ1v) is 4.53. The number of pyridine rings is 1. The molecule has 14 heavy (non-hydrogen) atoms. The Bertz CT molecular complexity index is 564. The van der Waals surface area contributed by atoms with Crippen LogP contribution in [0.5, 0.6) is 0 Å². The summed E-state index contributed by atoms with van der Waals surface area (Å²) >= 11 is 11.5. The summed E-state index contributed by atoms with van der Waals surface area (Å²) in [6.45, 7) is 0. The third-order valence-corrected chi connectivity index (χ3v) is 2.35. The molecule has 0 aromatic carbocycles. The zero-order chi connectivity index (χ0) is 10.3. The molecule has 0 atom stereocenters. The van der Waals surface area contributed by atoms with E-state index < -0.39 is 5.69 Å². The average molecular weight is 230 g/mol. The molecule has 4 nitrogen and oxygen atoms in total. The molecule has 0 aliphatic carbocycles. The minimum Gasteiger partial charge on any atom is -0.279 e. The number of halogens is 2. The Morgan fingerprint density at radius 1 is 1.43 bits per heavy atom. The average Bonchev–Trinajstić information content (AvgIpc) is 2.14. The van der Waals surface area contributed by atoms with Gasteiger partial charge in [-0.3, -0.25) is 4.57 Å². The van der Waals surface area contributed by atoms with Gasteiger partial charge in [-0.15, -0.1) is 0 Å². The molecule has 0 fully saturated rings. The van der Waals surface area contributed by atoms with Crippen molar-refractivity contribution < 1.29 is 0 Å². The molecule has 2 heterocycles. The summed E-state index contributed by atoms with van der Waals surface area (Å²) in [5.41, 5.74) is 0.0386. The zero-order valence-electron chi connectivity index (χ0n) is 7.16. The Hall–Kier alpha value is -1.13. The van der Waals surface area contributed by atoms with Crippen molar-refractivity contribution in [2.45, 2.75) is 0 Å². The van der Waals surface area contributed by atoms with Crippen molar-refractivity contribution in [2.75, 3.05) is 0 Å². The van der Waals surface area contributed by atoms with E-state index in [1.807, 2.05) is 0 Å². The molecular formula is C8H5Cl2N3O. The fourth-order valence-electron chi connectivity index (χ4n) is 1.16. The fourth-order valence-corrected chi connectivity index (χ4v) is 1.53. The predicted octanol–water partition coefficient (Wildman–Crippen LogP) is 1.64. The van der Waals surface area contributed by atoms with E-state index in [-0.39, 0.29) is 5.15 Å². The van der Waals surface area contributed by atoms with Crippen LogP contribution in [-0.2, 0) is 7.05 Å². The van der Waals surface area contributed by atoms with Gasteiger partial charge in [-0.25, -0.2) is 9.78 Å². The van der Waals surface area contributed by atoms with E-state index >= 15 is 0 Å². The van der Waals surface area contributed by atoms with E-state index in [0.29, 0.717) is 16.1 Å². The first kappa shape index (κ1) is 9.43. The molecule has 0 saturated heterocycles. The van der Waals surface area contributed by atoms with Crippen molar-refractivity contribution >= 4 is 34.2 Å². The quantitative estimate of drug-likeness (QED) is 0.646. The Balaban J connectivity index is 3.02. The Morgan fingerprint density at radius 3 is 2.86 bits per heavy atom. The van der Waals surface area contributed by atoms with Crippen LogP contribution in [0.15, 0.2) is 17.1 Å². The second-order valence-corrected chi connectivity index (χ2v) is 3.56. The molecule has 2 rings (SSSR count). The van der Waals surface area contributed by atoms with Crippen LogP contribution in [0.3, 0.4) is 0 Å². The van der Waals surface area contributed by atoms with Crippen LogP contribution >= 0.6 is 23.2 Å². The number of rotatable bonds is 0. The normalized spacial score (nSPS) is 10.8. The highest BCUT2D eigenvalue weighted by Crippen LogP contribution is 2.20. The topological polar surface area (TPSA) is 47.8 Å². The number of aryl methyl sites for hydroxylation is 1. The Labute approximate surface area is 89.1 Å². The maximum atomic E-state index is 11.2. The molecule has 0 aliphatic heterocycles. The third-order valence-electron chi connectivity index (χ3n) is 1.85. The summed E-state index contributed by atoms with van der Waals surface area (Å²) in [6.07, 6.45) is 1.46. The number of aromatic nitrogens is 3. The van der Waals surface area contributed by atoms with Crippen molar-refractivity contribution in [3.63, 3.8) is 0 Å². The van der Waals surface area contributed by atoms with Gasteiger partial charge >= 0.3 is 5.69 Å². The van der Waals surface area contributed by atoms with Crippen molar-refractivity contribution in [3.8, 4) is 0 Å². The Kier molecular flexibility index (Phi) is 2.17. The molecule has 0 radical (unpaired) electrons. The molecule has 2 aromatic rings. The molecular weight excluding hydrogens is 225 g/mol. The SMILES string of the molecule is Cn1c(=O)nc(Cl)c2cc(Cl)cnc21. The minimum atomic E-state index is -0.433. The molecule has 0 aliphatic rings. The number of hydrogen-bond acceptors (Lipinski definition) is 3. The van der Waals surface area contributed by atoms with Crippen LogP contribution in [0.1, 0.15) is 0 Å². The number of nitrogens with zero attached hydrogens (tertiary/aromatic N) is 3. The summed E-state index contributed by atoms with van der Waals surface area (Å²) in [6, 6.07) is 1.62. The van der Waals surface area contributed by atoms with E-state index in [0.717, 1.165) is 0 Å². The van der Waals surface area contributed by atoms with Gasteiger partial charge in [-0.1, -0.05) is 23.2 Å². The third kappa shape index (κ3) is 1.36. The summed E-state index contributed by atoms with van der Waals surface area (Å²) in [4.78, 5) is 18.9. The van der Waals surface area contributed by atoms with Gasteiger partial charge in [0.25, 0.3) is 0 Å². The highest BCUT2D eigenvalue weighted by Gasteiger charge is 2.07. The summed E-state index contributed by atoms with van der Waals surface area (Å²) < 4.78 is 1.32.